The zero-order valence-corrected chi connectivity index (χ0v) is 57.3. The Bertz CT molecular complexity index is 2830. The first-order valence-electron chi connectivity index (χ1n) is 29.8. The minimum Gasteiger partial charge on any atom is -0.492 e. The Morgan fingerprint density at radius 3 is 2.26 bits per heavy atom. The molecular weight excluding hydrogens is 1350 g/mol. The number of nitrogens with one attached hydrogen (secondary N) is 4. The van der Waals surface area contributed by atoms with Gasteiger partial charge in [0.2, 0.25) is 17.2 Å². The van der Waals surface area contributed by atoms with E-state index < -0.39 is 127 Å². The molecule has 6 aliphatic rings. The number of alkyl carbamates (subject to hydrolysis) is 1. The summed E-state index contributed by atoms with van der Waals surface area (Å²) in [6.45, 7) is 14.4. The van der Waals surface area contributed by atoms with E-state index in [2.05, 4.69) is 45.1 Å². The molecule has 5 heterocycles. The number of ether oxygens (including phenoxy) is 12. The number of hydrogen-bond donors (Lipinski definition) is 9. The van der Waals surface area contributed by atoms with Crippen LogP contribution in [0.25, 0.3) is 0 Å². The van der Waals surface area contributed by atoms with Crippen molar-refractivity contribution in [2.24, 2.45) is 0 Å². The predicted octanol–water partition coefficient (Wildman–Crippen LogP) is 3.70. The number of piperidine rings is 1. The topological polar surface area (TPSA) is 320 Å². The number of carbonyl (C=O) groups excluding carboxylic acids is 3. The summed E-state index contributed by atoms with van der Waals surface area (Å²) in [5, 5.41) is 66.7. The normalized spacial score (nSPS) is 34.2. The molecule has 9 N–H and O–H groups in total. The highest BCUT2D eigenvalue weighted by atomic mass is 127. The van der Waals surface area contributed by atoms with Crippen molar-refractivity contribution in [3.63, 3.8) is 0 Å². The van der Waals surface area contributed by atoms with E-state index in [-0.39, 0.29) is 71.2 Å². The van der Waals surface area contributed by atoms with Crippen molar-refractivity contribution in [3.05, 3.63) is 49.8 Å². The van der Waals surface area contributed by atoms with Crippen molar-refractivity contribution < 1.29 is 102 Å². The minimum atomic E-state index is -1.78. The summed E-state index contributed by atoms with van der Waals surface area (Å²) < 4.78 is 73.1. The number of benzene rings is 1. The lowest BCUT2D eigenvalue weighted by molar-refractivity contribution is -0.336. The van der Waals surface area contributed by atoms with Crippen molar-refractivity contribution in [2.75, 3.05) is 67.5 Å². The monoisotopic (exact) mass is 1430 g/mol. The average Bonchev–Trinajstić information content (AvgIpc) is 0.795. The van der Waals surface area contributed by atoms with E-state index in [9.17, 15) is 39.9 Å². The van der Waals surface area contributed by atoms with Crippen molar-refractivity contribution in [1.29, 1.82) is 0 Å². The smallest absolute Gasteiger partial charge is 0.411 e. The van der Waals surface area contributed by atoms with Gasteiger partial charge in [-0.15, -0.1) is 5.92 Å². The molecule has 1 aromatic carbocycles. The molecule has 25 nitrogen and oxygen atoms in total. The van der Waals surface area contributed by atoms with E-state index in [0.29, 0.717) is 26.7 Å². The number of hydrogen-bond acceptors (Lipinski definition) is 27. The number of allylic oxidation sites excluding steroid dienone is 3. The summed E-state index contributed by atoms with van der Waals surface area (Å²) in [6.07, 6.45) is -11.5. The zero-order valence-electron chi connectivity index (χ0n) is 52.6. The molecule has 0 saturated carbocycles. The highest BCUT2D eigenvalue weighted by Gasteiger charge is 2.52. The Balaban J connectivity index is 1.14. The Morgan fingerprint density at radius 2 is 1.60 bits per heavy atom. The number of hydroxylamine groups is 1. The van der Waals surface area contributed by atoms with Gasteiger partial charge in [0.05, 0.1) is 96.2 Å². The first-order chi connectivity index (χ1) is 43.1. The lowest BCUT2D eigenvalue weighted by atomic mass is 9.76. The van der Waals surface area contributed by atoms with Crippen LogP contribution in [0.1, 0.15) is 89.6 Å². The number of ketones is 1. The van der Waals surface area contributed by atoms with Gasteiger partial charge in [0.1, 0.15) is 36.6 Å². The molecule has 5 fully saturated rings. The van der Waals surface area contributed by atoms with Gasteiger partial charge >= 0.3 is 6.09 Å². The number of likely N-dealkylation sites (N-methyl/N-ethyl adjacent to an activating group) is 1. The third-order valence-corrected chi connectivity index (χ3v) is 21.7. The second-order valence-corrected chi connectivity index (χ2v) is 27.4. The number of rotatable bonds is 23. The summed E-state index contributed by atoms with van der Waals surface area (Å²) in [5.41, 5.74) is 1.78. The summed E-state index contributed by atoms with van der Waals surface area (Å²) >= 11 is 2.83. The molecular formula is C61H87IN4O21S3. The molecule has 0 spiro atoms. The third kappa shape index (κ3) is 18.2. The molecule has 1 aliphatic carbocycles. The minimum absolute atomic E-state index is 0.0269. The van der Waals surface area contributed by atoms with Crippen LogP contribution in [0.4, 0.5) is 4.79 Å². The van der Waals surface area contributed by atoms with E-state index in [1.807, 2.05) is 29.5 Å². The second-order valence-electron chi connectivity index (χ2n) is 22.4. The predicted molar refractivity (Wildman–Crippen MR) is 343 cm³/mol. The highest BCUT2D eigenvalue weighted by molar-refractivity contribution is 14.1. The van der Waals surface area contributed by atoms with Gasteiger partial charge in [0, 0.05) is 50.1 Å². The SMILES string of the molecule is CC#C/C=C\C#C[C@H](O[C@@H]1O[C@H](C)[C@@H](NO[C@H]2C[C@H](O)[C@H](SC(=O)c3c(C)c(I)c(O[C@@H]4O[C@@H](C)[C@H](O)[C@@H](OC)[C@H]4O)c(OC)c3OC)[C@@H](C)O2)[C@H](O)[C@H]1O[C@H]1C[C@H](OC)[C@@H](NCC)CO1)C1=C(NC(=O)OC)C(=O)C[C@](C)(O)/C1=C/CSSC1CCNCC1. The second kappa shape index (κ2) is 34.9. The fraction of sp³-hybridized carbons (Fsp3) is 0.689. The van der Waals surface area contributed by atoms with Gasteiger partial charge in [-0.3, -0.25) is 19.7 Å². The van der Waals surface area contributed by atoms with Gasteiger partial charge in [-0.1, -0.05) is 64.1 Å². The number of amides is 1. The summed E-state index contributed by atoms with van der Waals surface area (Å²) in [4.78, 5) is 48.0. The molecule has 0 unspecified atom stereocenters. The van der Waals surface area contributed by atoms with Crippen LogP contribution in [-0.4, -0.2) is 231 Å². The maximum atomic E-state index is 14.5. The van der Waals surface area contributed by atoms with E-state index >= 15 is 0 Å². The van der Waals surface area contributed by atoms with Crippen LogP contribution in [0, 0.1) is 34.2 Å². The summed E-state index contributed by atoms with van der Waals surface area (Å²) in [7, 11) is 10.1. The van der Waals surface area contributed by atoms with E-state index in [0.717, 1.165) is 44.8 Å². The van der Waals surface area contributed by atoms with Crippen LogP contribution in [0.2, 0.25) is 0 Å². The van der Waals surface area contributed by atoms with Gasteiger partial charge in [0.15, 0.2) is 36.2 Å². The van der Waals surface area contributed by atoms with Gasteiger partial charge in [0.25, 0.3) is 0 Å². The van der Waals surface area contributed by atoms with Gasteiger partial charge in [-0.05, 0) is 120 Å². The van der Waals surface area contributed by atoms with Gasteiger partial charge < -0.3 is 93.0 Å². The number of methoxy groups -OCH3 is 5. The quantitative estimate of drug-likeness (QED) is 0.0248. The number of aliphatic hydroxyl groups excluding tert-OH is 4. The Morgan fingerprint density at radius 1 is 0.889 bits per heavy atom. The highest BCUT2D eigenvalue weighted by Crippen LogP contribution is 2.49. The molecule has 5 saturated heterocycles. The Hall–Kier alpha value is -3.33. The van der Waals surface area contributed by atoms with E-state index in [4.69, 9.17) is 61.7 Å². The van der Waals surface area contributed by atoms with Crippen molar-refractivity contribution in [2.45, 2.75) is 201 Å². The van der Waals surface area contributed by atoms with Crippen molar-refractivity contribution in [3.8, 4) is 40.9 Å². The molecule has 0 bridgehead atoms. The first kappa shape index (κ1) is 74.1. The summed E-state index contributed by atoms with van der Waals surface area (Å²) in [6, 6.07) is -1.28. The number of thioether (sulfide) groups is 1. The molecule has 0 aromatic heterocycles. The van der Waals surface area contributed by atoms with Crippen molar-refractivity contribution >= 4 is 72.9 Å². The van der Waals surface area contributed by atoms with Crippen LogP contribution in [-0.2, 0) is 52.3 Å². The molecule has 19 atom stereocenters. The molecule has 1 aromatic rings. The lowest BCUT2D eigenvalue weighted by Crippen LogP contribution is -2.65. The molecule has 7 rings (SSSR count). The van der Waals surface area contributed by atoms with Crippen LogP contribution in [0.15, 0.2) is 35.1 Å². The van der Waals surface area contributed by atoms with Crippen LogP contribution in [0.3, 0.4) is 0 Å². The fourth-order valence-corrected chi connectivity index (χ4v) is 15.8. The fourth-order valence-electron chi connectivity index (χ4n) is 11.5. The van der Waals surface area contributed by atoms with Crippen LogP contribution < -0.4 is 35.6 Å². The maximum Gasteiger partial charge on any atom is 0.411 e. The standard InChI is InChI=1S/C61H87IN4O21S3/c1-13-15-16-17-18-19-39(44-35(22-25-88-90-34-20-23-63-24-21-34)61(7,74)28-38(68)47(44)65-60(73)79-12)84-59-54(85-41-27-40(75-8)36(29-80-41)64-14-2)49(70)46(31(4)82-59)66-87-42-26-37(67)56(33(6)81-42)89-57(72)43-30(3)45(62)52(55(78-11)51(43)76-9)86-58-50(71)53(77-10)48(69)32(5)83-58/h16-17,22,31-34,36-37,39-42,46,48-50,53-54,56,58-59,63-64,66-67,69-71,74H,14,20-21,23-29H2,1-12H3,(H,65,73)/b17-16-,35-22+/t31-,32+,33-,36+,37+,39+,40+,41+,42+,46-,48+,49+,50-,53-,54-,56-,58+,59+,61+/m1/s1. The first-order valence-corrected chi connectivity index (χ1v) is 34.2. The van der Waals surface area contributed by atoms with Gasteiger partial charge in [-0.25, -0.2) is 4.79 Å². The number of aliphatic hydroxyl groups is 5. The maximum absolute atomic E-state index is 14.5. The largest absolute Gasteiger partial charge is 0.492 e. The van der Waals surface area contributed by atoms with Gasteiger partial charge in [-0.2, -0.15) is 5.48 Å². The number of halogens is 1. The molecule has 0 radical (unpaired) electrons. The molecule has 502 valence electrons. The van der Waals surface area contributed by atoms with E-state index in [1.54, 1.807) is 69.4 Å². The zero-order chi connectivity index (χ0) is 65.6. The number of carbonyl (C=O) groups is 3. The third-order valence-electron chi connectivity index (χ3n) is 16.2. The Labute approximate surface area is 552 Å². The van der Waals surface area contributed by atoms with Crippen LogP contribution in [0.5, 0.6) is 17.2 Å². The molecule has 1 amide bonds. The average molecular weight is 1440 g/mol. The molecule has 90 heavy (non-hydrogen) atoms. The Kier molecular flexibility index (Phi) is 28.7. The molecule has 5 aliphatic heterocycles. The van der Waals surface area contributed by atoms with E-state index in [1.165, 1.54) is 40.4 Å². The summed E-state index contributed by atoms with van der Waals surface area (Å²) in [5.74, 6) is 11.6. The number of Topliss-reactive ketones (excluding diaryl/α,β-unsaturated/α-hetero) is 1. The van der Waals surface area contributed by atoms with Crippen molar-refractivity contribution in [1.82, 2.24) is 21.4 Å². The molecule has 29 heteroatoms. The van der Waals surface area contributed by atoms with Crippen LogP contribution >= 0.6 is 55.9 Å². The lowest BCUT2D eigenvalue weighted by Gasteiger charge is -2.46.